The average Bonchev–Trinajstić information content (AvgIpc) is 3.05. The number of phenolic OH excluding ortho intramolecular Hbond substituents is 2. The fourth-order valence-electron chi connectivity index (χ4n) is 4.74. The summed E-state index contributed by atoms with van der Waals surface area (Å²) in [6, 6.07) is 14.4. The second-order valence-corrected chi connectivity index (χ2v) is 12.5. The van der Waals surface area contributed by atoms with Crippen LogP contribution in [0.15, 0.2) is 72.8 Å². The molecule has 258 valence electrons. The van der Waals surface area contributed by atoms with Gasteiger partial charge in [0, 0.05) is 6.42 Å². The second kappa shape index (κ2) is 17.3. The Hall–Kier alpha value is -4.95. The average molecular weight is 687 g/mol. The lowest BCUT2D eigenvalue weighted by molar-refractivity contribution is -0.142. The van der Waals surface area contributed by atoms with Crippen molar-refractivity contribution < 1.29 is 53.6 Å². The molecule has 0 heterocycles. The molecule has 0 aliphatic rings. The molecular formula is C32H39N4O11P. The molecule has 0 aliphatic carbocycles. The molecule has 3 amide bonds. The highest BCUT2D eigenvalue weighted by atomic mass is 31.2. The number of carboxylic acid groups (broad SMARTS) is 1. The Morgan fingerprint density at radius 1 is 0.812 bits per heavy atom. The first kappa shape index (κ1) is 37.5. The Morgan fingerprint density at radius 2 is 1.44 bits per heavy atom. The van der Waals surface area contributed by atoms with Gasteiger partial charge in [0.15, 0.2) is 11.5 Å². The SMILES string of the molecule is CC[C@H](NC(=O)[C@H](Cc1ccc(O)cc1)NC(=O)CNC(=O)[C@H](Cc1ccccc1)NC(c1ccc(O)c(OC)c1)P(=O)(O)O)C(=O)O. The lowest BCUT2D eigenvalue weighted by atomic mass is 10.0. The zero-order chi connectivity index (χ0) is 35.4. The largest absolute Gasteiger partial charge is 0.508 e. The normalized spacial score (nSPS) is 13.8. The highest BCUT2D eigenvalue weighted by Crippen LogP contribution is 2.51. The first-order chi connectivity index (χ1) is 22.7. The maximum absolute atomic E-state index is 13.5. The molecule has 0 radical (unpaired) electrons. The maximum atomic E-state index is 13.5. The lowest BCUT2D eigenvalue weighted by Gasteiger charge is -2.27. The quantitative estimate of drug-likeness (QED) is 0.0913. The number of methoxy groups -OCH3 is 1. The fraction of sp³-hybridized carbons (Fsp3) is 0.312. The molecule has 0 saturated heterocycles. The van der Waals surface area contributed by atoms with Gasteiger partial charge in [-0.25, -0.2) is 4.79 Å². The number of phenols is 2. The van der Waals surface area contributed by atoms with E-state index in [9.17, 15) is 48.8 Å². The second-order valence-electron chi connectivity index (χ2n) is 10.8. The van der Waals surface area contributed by atoms with Crippen molar-refractivity contribution in [2.24, 2.45) is 0 Å². The van der Waals surface area contributed by atoms with Crippen LogP contribution in [0.5, 0.6) is 17.2 Å². The molecule has 4 atom stereocenters. The van der Waals surface area contributed by atoms with Gasteiger partial charge in [-0.05, 0) is 53.8 Å². The predicted octanol–water partition coefficient (Wildman–Crippen LogP) is 1.31. The monoisotopic (exact) mass is 686 g/mol. The third-order valence-electron chi connectivity index (χ3n) is 7.29. The Morgan fingerprint density at radius 3 is 2.02 bits per heavy atom. The number of carbonyl (C=O) groups excluding carboxylic acids is 3. The zero-order valence-electron chi connectivity index (χ0n) is 26.2. The van der Waals surface area contributed by atoms with Gasteiger partial charge < -0.3 is 45.8 Å². The van der Waals surface area contributed by atoms with Crippen molar-refractivity contribution in [3.05, 3.63) is 89.5 Å². The summed E-state index contributed by atoms with van der Waals surface area (Å²) in [4.78, 5) is 71.6. The van der Waals surface area contributed by atoms with Crippen LogP contribution in [0, 0.1) is 0 Å². The van der Waals surface area contributed by atoms with Crippen molar-refractivity contribution in [1.29, 1.82) is 0 Å². The Labute approximate surface area is 276 Å². The first-order valence-electron chi connectivity index (χ1n) is 14.8. The number of hydrogen-bond acceptors (Lipinski definition) is 9. The predicted molar refractivity (Wildman–Crippen MR) is 173 cm³/mol. The highest BCUT2D eigenvalue weighted by Gasteiger charge is 2.35. The van der Waals surface area contributed by atoms with Crippen LogP contribution in [0.2, 0.25) is 0 Å². The molecule has 15 nitrogen and oxygen atoms in total. The van der Waals surface area contributed by atoms with Crippen LogP contribution in [0.1, 0.15) is 35.8 Å². The third kappa shape index (κ3) is 11.1. The van der Waals surface area contributed by atoms with Crippen LogP contribution < -0.4 is 26.0 Å². The number of benzene rings is 3. The van der Waals surface area contributed by atoms with Crippen molar-refractivity contribution in [2.45, 2.75) is 50.1 Å². The van der Waals surface area contributed by atoms with Gasteiger partial charge in [0.1, 0.15) is 23.6 Å². The minimum absolute atomic E-state index is 0.0207. The van der Waals surface area contributed by atoms with E-state index in [4.69, 9.17) is 4.74 Å². The van der Waals surface area contributed by atoms with Crippen LogP contribution in [0.25, 0.3) is 0 Å². The molecule has 16 heteroatoms. The van der Waals surface area contributed by atoms with E-state index in [1.54, 1.807) is 37.3 Å². The van der Waals surface area contributed by atoms with Gasteiger partial charge in [-0.2, -0.15) is 0 Å². The number of carboxylic acids is 1. The van der Waals surface area contributed by atoms with Gasteiger partial charge in [-0.3, -0.25) is 24.3 Å². The standard InChI is InChI=1S/C32H39N4O11P/c1-3-23(32(42)43)35-30(41)25(16-20-9-12-22(37)13-10-20)34-28(39)18-33-29(40)24(15-19-7-5-4-6-8-19)36-31(48(44,45)46)21-11-14-26(38)27(17-21)47-2/h4-14,17,23-25,31,36-38H,3,15-16,18H2,1-2H3,(H,33,40)(H,34,39)(H,35,41)(H,42,43)(H2,44,45,46)/t23-,24-,25-,31?/m0/s1. The molecule has 0 bridgehead atoms. The number of aliphatic carboxylic acids is 1. The minimum atomic E-state index is -4.98. The summed E-state index contributed by atoms with van der Waals surface area (Å²) in [5, 5.41) is 39.0. The van der Waals surface area contributed by atoms with Gasteiger partial charge in [0.25, 0.3) is 0 Å². The number of nitrogens with one attached hydrogen (secondary N) is 4. The highest BCUT2D eigenvalue weighted by molar-refractivity contribution is 7.52. The summed E-state index contributed by atoms with van der Waals surface area (Å²) < 4.78 is 17.7. The molecule has 1 unspecified atom stereocenters. The van der Waals surface area contributed by atoms with Crippen molar-refractivity contribution in [1.82, 2.24) is 21.3 Å². The van der Waals surface area contributed by atoms with E-state index in [0.29, 0.717) is 11.1 Å². The maximum Gasteiger partial charge on any atom is 0.346 e. The summed E-state index contributed by atoms with van der Waals surface area (Å²) in [5.41, 5.74) is 1.20. The Kier molecular flexibility index (Phi) is 13.5. The molecule has 3 aromatic carbocycles. The van der Waals surface area contributed by atoms with Crippen LogP contribution in [-0.4, -0.2) is 80.6 Å². The number of carbonyl (C=O) groups is 4. The lowest BCUT2D eigenvalue weighted by Crippen LogP contribution is -2.54. The number of ether oxygens (including phenoxy) is 1. The van der Waals surface area contributed by atoms with E-state index in [1.807, 2.05) is 0 Å². The number of aromatic hydroxyl groups is 2. The molecule has 0 saturated carbocycles. The van der Waals surface area contributed by atoms with E-state index in [0.717, 1.165) is 0 Å². The van der Waals surface area contributed by atoms with Gasteiger partial charge in [0.05, 0.1) is 19.7 Å². The van der Waals surface area contributed by atoms with Gasteiger partial charge in [-0.1, -0.05) is 55.5 Å². The van der Waals surface area contributed by atoms with Crippen molar-refractivity contribution in [3.8, 4) is 17.2 Å². The molecular weight excluding hydrogens is 647 g/mol. The van der Waals surface area contributed by atoms with Crippen LogP contribution in [0.4, 0.5) is 0 Å². The fourth-order valence-corrected chi connectivity index (χ4v) is 5.67. The Bertz CT molecular complexity index is 1620. The van der Waals surface area contributed by atoms with E-state index in [-0.39, 0.29) is 42.1 Å². The van der Waals surface area contributed by atoms with E-state index < -0.39 is 61.7 Å². The van der Waals surface area contributed by atoms with E-state index in [2.05, 4.69) is 21.3 Å². The summed E-state index contributed by atoms with van der Waals surface area (Å²) in [7, 11) is -3.71. The van der Waals surface area contributed by atoms with Gasteiger partial charge in [-0.15, -0.1) is 0 Å². The zero-order valence-corrected chi connectivity index (χ0v) is 27.1. The first-order valence-corrected chi connectivity index (χ1v) is 16.5. The summed E-state index contributed by atoms with van der Waals surface area (Å²) in [6.07, 6.45) is -0.0288. The molecule has 0 spiro atoms. The van der Waals surface area contributed by atoms with Crippen LogP contribution in [0.3, 0.4) is 0 Å². The Balaban J connectivity index is 1.81. The molecule has 0 fully saturated rings. The van der Waals surface area contributed by atoms with E-state index >= 15 is 0 Å². The number of rotatable bonds is 17. The van der Waals surface area contributed by atoms with Crippen molar-refractivity contribution >= 4 is 31.3 Å². The smallest absolute Gasteiger partial charge is 0.346 e. The third-order valence-corrected chi connectivity index (χ3v) is 8.41. The summed E-state index contributed by atoms with van der Waals surface area (Å²) in [5.74, 6) is -5.69. The van der Waals surface area contributed by atoms with E-state index in [1.165, 1.54) is 49.6 Å². The summed E-state index contributed by atoms with van der Waals surface area (Å²) >= 11 is 0. The molecule has 48 heavy (non-hydrogen) atoms. The van der Waals surface area contributed by atoms with Crippen LogP contribution in [-0.2, 0) is 36.6 Å². The topological polar surface area (TPSA) is 244 Å². The number of hydrogen-bond donors (Lipinski definition) is 9. The van der Waals surface area contributed by atoms with Crippen molar-refractivity contribution in [3.63, 3.8) is 0 Å². The number of amides is 3. The molecule has 9 N–H and O–H groups in total. The van der Waals surface area contributed by atoms with Gasteiger partial charge >= 0.3 is 13.6 Å². The molecule has 3 aromatic rings. The minimum Gasteiger partial charge on any atom is -0.508 e. The van der Waals surface area contributed by atoms with Crippen LogP contribution >= 0.6 is 7.60 Å². The van der Waals surface area contributed by atoms with Gasteiger partial charge in [0.2, 0.25) is 17.7 Å². The molecule has 0 aliphatic heterocycles. The van der Waals surface area contributed by atoms with Crippen molar-refractivity contribution in [2.75, 3.05) is 13.7 Å². The molecule has 3 rings (SSSR count). The molecule has 0 aromatic heterocycles. The summed E-state index contributed by atoms with van der Waals surface area (Å²) in [6.45, 7) is 0.923.